The van der Waals surface area contributed by atoms with E-state index in [0.717, 1.165) is 5.56 Å². The number of aromatic nitrogens is 4. The second kappa shape index (κ2) is 6.95. The maximum absolute atomic E-state index is 12.2. The molecular weight excluding hydrogens is 310 g/mol. The van der Waals surface area contributed by atoms with Crippen LogP contribution < -0.4 is 10.1 Å². The molecule has 0 aliphatic carbocycles. The fourth-order valence-electron chi connectivity index (χ4n) is 2.23. The molecule has 0 saturated heterocycles. The Bertz CT molecular complexity index is 813. The highest BCUT2D eigenvalue weighted by molar-refractivity contribution is 5.93. The molecule has 0 radical (unpaired) electrons. The van der Waals surface area contributed by atoms with E-state index >= 15 is 0 Å². The minimum absolute atomic E-state index is 0.0166. The Morgan fingerprint density at radius 1 is 1.42 bits per heavy atom. The fourth-order valence-corrected chi connectivity index (χ4v) is 2.23. The van der Waals surface area contributed by atoms with E-state index in [1.54, 1.807) is 24.2 Å². The molecule has 0 saturated carbocycles. The van der Waals surface area contributed by atoms with Crippen molar-refractivity contribution in [3.63, 3.8) is 0 Å². The number of hydrogen-bond acceptors (Lipinski definition) is 6. The summed E-state index contributed by atoms with van der Waals surface area (Å²) in [5.41, 5.74) is 0.948. The molecule has 8 heteroatoms. The van der Waals surface area contributed by atoms with Gasteiger partial charge in [0.25, 0.3) is 5.91 Å². The Kier molecular flexibility index (Phi) is 4.55. The number of para-hydroxylation sites is 1. The number of methoxy groups -OCH3 is 1. The summed E-state index contributed by atoms with van der Waals surface area (Å²) < 4.78 is 12.2. The van der Waals surface area contributed by atoms with Gasteiger partial charge in [-0.25, -0.2) is 9.67 Å². The zero-order valence-electron chi connectivity index (χ0n) is 13.3. The first-order chi connectivity index (χ1) is 11.7. The van der Waals surface area contributed by atoms with Crippen molar-refractivity contribution in [3.05, 3.63) is 48.7 Å². The van der Waals surface area contributed by atoms with Crippen molar-refractivity contribution in [1.29, 1.82) is 0 Å². The van der Waals surface area contributed by atoms with E-state index in [0.29, 0.717) is 18.1 Å². The largest absolute Gasteiger partial charge is 0.496 e. The van der Waals surface area contributed by atoms with Crippen molar-refractivity contribution in [1.82, 2.24) is 25.2 Å². The third kappa shape index (κ3) is 3.27. The molecule has 3 rings (SSSR count). The first-order valence-electron chi connectivity index (χ1n) is 7.41. The predicted molar refractivity (Wildman–Crippen MR) is 85.6 cm³/mol. The van der Waals surface area contributed by atoms with Gasteiger partial charge in [-0.05, 0) is 19.1 Å². The van der Waals surface area contributed by atoms with Crippen molar-refractivity contribution in [2.24, 2.45) is 0 Å². The first-order valence-corrected chi connectivity index (χ1v) is 7.41. The summed E-state index contributed by atoms with van der Waals surface area (Å²) in [4.78, 5) is 16.1. The quantitative estimate of drug-likeness (QED) is 0.743. The van der Waals surface area contributed by atoms with E-state index in [2.05, 4.69) is 20.6 Å². The molecule has 1 unspecified atom stereocenters. The predicted octanol–water partition coefficient (Wildman–Crippen LogP) is 1.93. The molecule has 24 heavy (non-hydrogen) atoms. The number of nitrogens with zero attached hydrogens (tertiary/aromatic N) is 4. The molecule has 0 spiro atoms. The summed E-state index contributed by atoms with van der Waals surface area (Å²) in [6.45, 7) is 2.33. The molecule has 1 atom stereocenters. The monoisotopic (exact) mass is 327 g/mol. The Balaban J connectivity index is 1.68. The summed E-state index contributed by atoms with van der Waals surface area (Å²) in [7, 11) is 1.58. The lowest BCUT2D eigenvalue weighted by Crippen LogP contribution is -2.30. The maximum Gasteiger partial charge on any atom is 0.273 e. The van der Waals surface area contributed by atoms with Gasteiger partial charge in [-0.2, -0.15) is 5.10 Å². The lowest BCUT2D eigenvalue weighted by Gasteiger charge is -2.11. The third-order valence-electron chi connectivity index (χ3n) is 3.56. The highest BCUT2D eigenvalue weighted by atomic mass is 16.5. The number of nitrogens with one attached hydrogen (secondary N) is 1. The SMILES string of the molecule is COc1ccccc1-c1cc(C(=O)NCC(C)n2cncn2)no1. The zero-order valence-corrected chi connectivity index (χ0v) is 13.3. The molecule has 3 aromatic rings. The van der Waals surface area contributed by atoms with Crippen LogP contribution in [0.25, 0.3) is 11.3 Å². The molecule has 0 bridgehead atoms. The Morgan fingerprint density at radius 2 is 2.25 bits per heavy atom. The minimum atomic E-state index is -0.313. The van der Waals surface area contributed by atoms with Crippen LogP contribution in [0.15, 0.2) is 47.5 Å². The molecule has 2 aromatic heterocycles. The van der Waals surface area contributed by atoms with Gasteiger partial charge in [-0.1, -0.05) is 17.3 Å². The highest BCUT2D eigenvalue weighted by Crippen LogP contribution is 2.29. The average Bonchev–Trinajstić information content (AvgIpc) is 3.30. The smallest absolute Gasteiger partial charge is 0.273 e. The van der Waals surface area contributed by atoms with Crippen LogP contribution in [-0.2, 0) is 0 Å². The van der Waals surface area contributed by atoms with E-state index in [1.807, 2.05) is 31.2 Å². The second-order valence-electron chi connectivity index (χ2n) is 5.21. The van der Waals surface area contributed by atoms with E-state index in [1.165, 1.54) is 6.33 Å². The normalized spacial score (nSPS) is 11.9. The van der Waals surface area contributed by atoms with E-state index in [9.17, 15) is 4.79 Å². The topological polar surface area (TPSA) is 95.1 Å². The molecule has 124 valence electrons. The van der Waals surface area contributed by atoms with Gasteiger partial charge in [-0.15, -0.1) is 0 Å². The average molecular weight is 327 g/mol. The summed E-state index contributed by atoms with van der Waals surface area (Å²) in [5, 5.41) is 10.7. The van der Waals surface area contributed by atoms with Crippen LogP contribution in [0.4, 0.5) is 0 Å². The van der Waals surface area contributed by atoms with Crippen molar-refractivity contribution >= 4 is 5.91 Å². The van der Waals surface area contributed by atoms with Crippen LogP contribution in [0, 0.1) is 0 Å². The van der Waals surface area contributed by atoms with Gasteiger partial charge in [0.1, 0.15) is 18.4 Å². The number of carbonyl (C=O) groups excluding carboxylic acids is 1. The molecule has 0 fully saturated rings. The van der Waals surface area contributed by atoms with Gasteiger partial charge >= 0.3 is 0 Å². The fraction of sp³-hybridized carbons (Fsp3) is 0.250. The highest BCUT2D eigenvalue weighted by Gasteiger charge is 2.17. The van der Waals surface area contributed by atoms with Crippen LogP contribution in [0.3, 0.4) is 0 Å². The van der Waals surface area contributed by atoms with E-state index < -0.39 is 0 Å². The molecule has 1 N–H and O–H groups in total. The van der Waals surface area contributed by atoms with Gasteiger partial charge in [0, 0.05) is 12.6 Å². The summed E-state index contributed by atoms with van der Waals surface area (Å²) in [6.07, 6.45) is 3.06. The number of carbonyl (C=O) groups is 1. The van der Waals surface area contributed by atoms with Gasteiger partial charge < -0.3 is 14.6 Å². The minimum Gasteiger partial charge on any atom is -0.496 e. The Hall–Kier alpha value is -3.16. The van der Waals surface area contributed by atoms with Gasteiger partial charge in [-0.3, -0.25) is 4.79 Å². The van der Waals surface area contributed by atoms with Gasteiger partial charge in [0.15, 0.2) is 11.5 Å². The van der Waals surface area contributed by atoms with Gasteiger partial charge in [0.2, 0.25) is 0 Å². The molecule has 0 aliphatic rings. The molecule has 2 heterocycles. The summed E-state index contributed by atoms with van der Waals surface area (Å²) >= 11 is 0. The van der Waals surface area contributed by atoms with Crippen LogP contribution in [0.2, 0.25) is 0 Å². The molecule has 1 amide bonds. The second-order valence-corrected chi connectivity index (χ2v) is 5.21. The summed E-state index contributed by atoms with van der Waals surface area (Å²) in [6, 6.07) is 8.95. The van der Waals surface area contributed by atoms with E-state index in [-0.39, 0.29) is 17.6 Å². The lowest BCUT2D eigenvalue weighted by molar-refractivity contribution is 0.0939. The molecular formula is C16H17N5O3. The van der Waals surface area contributed by atoms with Crippen LogP contribution in [-0.4, -0.2) is 39.5 Å². The summed E-state index contributed by atoms with van der Waals surface area (Å²) in [5.74, 6) is 0.814. The molecule has 1 aromatic carbocycles. The van der Waals surface area contributed by atoms with Crippen molar-refractivity contribution < 1.29 is 14.1 Å². The third-order valence-corrected chi connectivity index (χ3v) is 3.56. The van der Waals surface area contributed by atoms with Crippen molar-refractivity contribution in [2.75, 3.05) is 13.7 Å². The number of ether oxygens (including phenoxy) is 1. The zero-order chi connectivity index (χ0) is 16.9. The number of amides is 1. The standard InChI is InChI=1S/C16H17N5O3/c1-11(21-10-17-9-19-21)8-18-16(22)13-7-15(24-20-13)12-5-3-4-6-14(12)23-2/h3-7,9-11H,8H2,1-2H3,(H,18,22). The van der Waals surface area contributed by atoms with Crippen LogP contribution in [0.5, 0.6) is 5.75 Å². The number of rotatable bonds is 6. The lowest BCUT2D eigenvalue weighted by atomic mass is 10.1. The Labute approximate surface area is 138 Å². The first kappa shape index (κ1) is 15.7. The molecule has 8 nitrogen and oxygen atoms in total. The number of benzene rings is 1. The van der Waals surface area contributed by atoms with Crippen LogP contribution in [0.1, 0.15) is 23.5 Å². The van der Waals surface area contributed by atoms with Crippen molar-refractivity contribution in [2.45, 2.75) is 13.0 Å². The molecule has 0 aliphatic heterocycles. The van der Waals surface area contributed by atoms with Crippen molar-refractivity contribution in [3.8, 4) is 17.1 Å². The number of hydrogen-bond donors (Lipinski definition) is 1. The van der Waals surface area contributed by atoms with Gasteiger partial charge in [0.05, 0.1) is 18.7 Å². The van der Waals surface area contributed by atoms with E-state index in [4.69, 9.17) is 9.26 Å². The van der Waals surface area contributed by atoms with Crippen LogP contribution >= 0.6 is 0 Å². The maximum atomic E-state index is 12.2. The Morgan fingerprint density at radius 3 is 3.00 bits per heavy atom.